The summed E-state index contributed by atoms with van der Waals surface area (Å²) in [5.74, 6) is 3.31. The molecule has 28 heavy (non-hydrogen) atoms. The van der Waals surface area contributed by atoms with Crippen LogP contribution in [0.25, 0.3) is 11.1 Å². The number of aromatic nitrogens is 2. The van der Waals surface area contributed by atoms with Gasteiger partial charge in [-0.2, -0.15) is 0 Å². The van der Waals surface area contributed by atoms with Crippen LogP contribution in [-0.2, 0) is 6.42 Å². The van der Waals surface area contributed by atoms with E-state index in [1.54, 1.807) is 6.20 Å². The third-order valence-corrected chi connectivity index (χ3v) is 7.17. The lowest BCUT2D eigenvalue weighted by Gasteiger charge is -2.21. The van der Waals surface area contributed by atoms with Crippen molar-refractivity contribution in [3.05, 3.63) is 84.2 Å². The molecule has 2 aliphatic heterocycles. The van der Waals surface area contributed by atoms with Crippen LogP contribution >= 0.6 is 0 Å². The van der Waals surface area contributed by atoms with E-state index in [1.807, 2.05) is 30.5 Å². The average molecular weight is 380 g/mol. The normalized spacial score (nSPS) is 14.1. The number of rotatable bonds is 1. The molecule has 2 aromatic heterocycles. The quantitative estimate of drug-likeness (QED) is 0.411. The van der Waals surface area contributed by atoms with Crippen molar-refractivity contribution in [3.8, 4) is 34.4 Å². The zero-order valence-electron chi connectivity index (χ0n) is 15.1. The van der Waals surface area contributed by atoms with Crippen molar-refractivity contribution in [1.29, 1.82) is 0 Å². The Kier molecular flexibility index (Phi) is 3.36. The van der Waals surface area contributed by atoms with Gasteiger partial charge < -0.3 is 9.47 Å². The van der Waals surface area contributed by atoms with Gasteiger partial charge in [-0.1, -0.05) is 36.4 Å². The van der Waals surface area contributed by atoms with Gasteiger partial charge >= 0.3 is 0 Å². The Morgan fingerprint density at radius 3 is 2.64 bits per heavy atom. The summed E-state index contributed by atoms with van der Waals surface area (Å²) in [5.41, 5.74) is 4.59. The highest BCUT2D eigenvalue weighted by atomic mass is 28.2. The Labute approximate surface area is 164 Å². The van der Waals surface area contributed by atoms with E-state index < -0.39 is 9.52 Å². The first-order valence-corrected chi connectivity index (χ1v) is 10.7. The van der Waals surface area contributed by atoms with Crippen molar-refractivity contribution >= 4 is 19.9 Å². The minimum Gasteiger partial charge on any atom is -0.439 e. The number of benzene rings is 2. The molecule has 134 valence electrons. The zero-order chi connectivity index (χ0) is 18.5. The molecule has 0 fully saturated rings. The van der Waals surface area contributed by atoms with Crippen LogP contribution in [0.1, 0.15) is 11.1 Å². The first kappa shape index (κ1) is 15.6. The second kappa shape index (κ2) is 6.04. The molecule has 0 radical (unpaired) electrons. The minimum absolute atomic E-state index is 0.609. The van der Waals surface area contributed by atoms with Crippen molar-refractivity contribution in [2.45, 2.75) is 6.42 Å². The van der Waals surface area contributed by atoms with E-state index in [0.29, 0.717) is 5.88 Å². The Morgan fingerprint density at radius 2 is 1.64 bits per heavy atom. The second-order valence-corrected chi connectivity index (χ2v) is 9.02. The standard InChI is InChI=1S/C23H16N2O2Si/c1-2-5-18-15(4-1)10-16-11-17(13-25-22(16)26-18)14-7-8-19-21(12-14)28-20-6-3-9-24-23(20)27-19/h1-9,11-13H,10,28H2. The van der Waals surface area contributed by atoms with Gasteiger partial charge in [0, 0.05) is 29.9 Å². The van der Waals surface area contributed by atoms with Crippen molar-refractivity contribution in [3.63, 3.8) is 0 Å². The average Bonchev–Trinajstić information content (AvgIpc) is 2.75. The number of para-hydroxylation sites is 1. The molecular formula is C23H16N2O2Si. The van der Waals surface area contributed by atoms with Gasteiger partial charge in [-0.3, -0.25) is 0 Å². The largest absolute Gasteiger partial charge is 0.439 e. The molecule has 0 saturated heterocycles. The highest BCUT2D eigenvalue weighted by Gasteiger charge is 2.21. The molecule has 0 N–H and O–H groups in total. The summed E-state index contributed by atoms with van der Waals surface area (Å²) < 4.78 is 12.0. The number of fused-ring (bicyclic) bond motifs is 4. The van der Waals surface area contributed by atoms with Gasteiger partial charge in [0.05, 0.1) is 9.52 Å². The minimum atomic E-state index is -0.609. The molecule has 2 aliphatic rings. The lowest BCUT2D eigenvalue weighted by molar-refractivity contribution is 0.441. The van der Waals surface area contributed by atoms with E-state index in [4.69, 9.17) is 9.47 Å². The van der Waals surface area contributed by atoms with Crippen LogP contribution in [-0.4, -0.2) is 19.5 Å². The van der Waals surface area contributed by atoms with Gasteiger partial charge in [-0.05, 0) is 45.8 Å². The molecule has 0 spiro atoms. The summed E-state index contributed by atoms with van der Waals surface area (Å²) in [6, 6.07) is 20.8. The molecular weight excluding hydrogens is 364 g/mol. The summed E-state index contributed by atoms with van der Waals surface area (Å²) >= 11 is 0. The smallest absolute Gasteiger partial charge is 0.222 e. The molecule has 4 nitrogen and oxygen atoms in total. The van der Waals surface area contributed by atoms with Crippen LogP contribution in [0.2, 0.25) is 0 Å². The lowest BCUT2D eigenvalue weighted by atomic mass is 9.99. The molecule has 0 unspecified atom stereocenters. The van der Waals surface area contributed by atoms with Crippen molar-refractivity contribution in [2.75, 3.05) is 0 Å². The highest BCUT2D eigenvalue weighted by molar-refractivity contribution is 6.69. The molecule has 2 aromatic carbocycles. The zero-order valence-corrected chi connectivity index (χ0v) is 16.5. The van der Waals surface area contributed by atoms with Crippen LogP contribution in [0.3, 0.4) is 0 Å². The Hall–Kier alpha value is -3.44. The SMILES string of the molecule is c1ccc2c(c1)Cc1cc(-c3ccc4c(c3)[SiH2]c3cccnc3O4)cnc1O2. The van der Waals surface area contributed by atoms with Crippen LogP contribution in [0.15, 0.2) is 73.1 Å². The molecule has 4 heterocycles. The summed E-state index contributed by atoms with van der Waals surface area (Å²) in [5, 5.41) is 2.55. The molecule has 0 atom stereocenters. The fraction of sp³-hybridized carbons (Fsp3) is 0.0435. The van der Waals surface area contributed by atoms with E-state index >= 15 is 0 Å². The molecule has 0 amide bonds. The number of pyridine rings is 2. The fourth-order valence-electron chi connectivity index (χ4n) is 3.89. The maximum Gasteiger partial charge on any atom is 0.222 e. The van der Waals surface area contributed by atoms with Gasteiger partial charge in [0.1, 0.15) is 11.5 Å². The Morgan fingerprint density at radius 1 is 0.714 bits per heavy atom. The number of hydrogen-bond acceptors (Lipinski definition) is 4. The maximum atomic E-state index is 5.99. The Balaban J connectivity index is 1.36. The number of nitrogens with zero attached hydrogens (tertiary/aromatic N) is 2. The van der Waals surface area contributed by atoms with Gasteiger partial charge in [0.15, 0.2) is 0 Å². The van der Waals surface area contributed by atoms with Crippen LogP contribution in [0.4, 0.5) is 0 Å². The fourth-order valence-corrected chi connectivity index (χ4v) is 5.55. The third kappa shape index (κ3) is 2.52. The van der Waals surface area contributed by atoms with Gasteiger partial charge in [0.2, 0.25) is 11.8 Å². The monoisotopic (exact) mass is 380 g/mol. The second-order valence-electron chi connectivity index (χ2n) is 7.14. The predicted molar refractivity (Wildman–Crippen MR) is 111 cm³/mol. The predicted octanol–water partition coefficient (Wildman–Crippen LogP) is 3.07. The van der Waals surface area contributed by atoms with E-state index in [-0.39, 0.29) is 0 Å². The summed E-state index contributed by atoms with van der Waals surface area (Å²) in [6.45, 7) is 0. The van der Waals surface area contributed by atoms with E-state index in [9.17, 15) is 0 Å². The highest BCUT2D eigenvalue weighted by Crippen LogP contribution is 2.36. The molecule has 5 heteroatoms. The van der Waals surface area contributed by atoms with Crippen LogP contribution < -0.4 is 19.8 Å². The van der Waals surface area contributed by atoms with E-state index in [1.165, 1.54) is 15.9 Å². The van der Waals surface area contributed by atoms with Crippen molar-refractivity contribution in [1.82, 2.24) is 9.97 Å². The van der Waals surface area contributed by atoms with E-state index in [2.05, 4.69) is 46.4 Å². The van der Waals surface area contributed by atoms with Gasteiger partial charge in [-0.15, -0.1) is 0 Å². The van der Waals surface area contributed by atoms with Crippen LogP contribution in [0.5, 0.6) is 23.3 Å². The van der Waals surface area contributed by atoms with E-state index in [0.717, 1.165) is 40.5 Å². The molecule has 0 saturated carbocycles. The van der Waals surface area contributed by atoms with Crippen molar-refractivity contribution < 1.29 is 9.47 Å². The maximum absolute atomic E-state index is 5.99. The lowest BCUT2D eigenvalue weighted by Crippen LogP contribution is -2.34. The van der Waals surface area contributed by atoms with Gasteiger partial charge in [0.25, 0.3) is 0 Å². The first-order valence-electron chi connectivity index (χ1n) is 9.33. The summed E-state index contributed by atoms with van der Waals surface area (Å²) in [4.78, 5) is 8.94. The first-order chi connectivity index (χ1) is 13.8. The topological polar surface area (TPSA) is 44.2 Å². The van der Waals surface area contributed by atoms with Gasteiger partial charge in [-0.25, -0.2) is 9.97 Å². The number of hydrogen-bond donors (Lipinski definition) is 0. The molecule has 6 rings (SSSR count). The third-order valence-electron chi connectivity index (χ3n) is 5.32. The summed E-state index contributed by atoms with van der Waals surface area (Å²) in [7, 11) is -0.609. The molecule has 4 aromatic rings. The van der Waals surface area contributed by atoms with Crippen LogP contribution in [0, 0.1) is 0 Å². The number of ether oxygens (including phenoxy) is 2. The molecule has 0 aliphatic carbocycles. The molecule has 0 bridgehead atoms. The summed E-state index contributed by atoms with van der Waals surface area (Å²) in [6.07, 6.45) is 4.52. The Bertz CT molecular complexity index is 1140. The van der Waals surface area contributed by atoms with Crippen molar-refractivity contribution in [2.24, 2.45) is 0 Å².